The number of urea groups is 1. The van der Waals surface area contributed by atoms with Crippen molar-refractivity contribution in [2.75, 3.05) is 31.5 Å². The van der Waals surface area contributed by atoms with Crippen LogP contribution in [0.4, 0.5) is 10.5 Å². The summed E-state index contributed by atoms with van der Waals surface area (Å²) in [4.78, 5) is 21.3. The van der Waals surface area contributed by atoms with E-state index in [2.05, 4.69) is 53.4 Å². The summed E-state index contributed by atoms with van der Waals surface area (Å²) >= 11 is 1.73. The normalized spacial score (nSPS) is 16.1. The molecule has 7 nitrogen and oxygen atoms in total. The van der Waals surface area contributed by atoms with Gasteiger partial charge in [-0.1, -0.05) is 6.92 Å². The molecule has 142 valence electrons. The molecule has 0 spiro atoms. The van der Waals surface area contributed by atoms with E-state index in [-0.39, 0.29) is 11.6 Å². The number of anilines is 1. The Labute approximate surface area is 159 Å². The molecule has 1 fully saturated rings. The SMILES string of the molecule is CCc1nc(CN2CCN(C(=O)Nc3cnn(C(C)(C)C)c3)CC2)cs1. The minimum Gasteiger partial charge on any atom is -0.322 e. The number of nitrogens with one attached hydrogen (secondary N) is 1. The van der Waals surface area contributed by atoms with Crippen molar-refractivity contribution in [3.8, 4) is 0 Å². The average Bonchev–Trinajstić information content (AvgIpc) is 3.24. The molecule has 3 rings (SSSR count). The Morgan fingerprint density at radius 3 is 2.58 bits per heavy atom. The summed E-state index contributed by atoms with van der Waals surface area (Å²) in [7, 11) is 0. The lowest BCUT2D eigenvalue weighted by Gasteiger charge is -2.34. The molecule has 8 heteroatoms. The van der Waals surface area contributed by atoms with Crippen LogP contribution in [-0.2, 0) is 18.5 Å². The summed E-state index contributed by atoms with van der Waals surface area (Å²) in [6, 6.07) is -0.0555. The third-order valence-electron chi connectivity index (χ3n) is 4.47. The van der Waals surface area contributed by atoms with Crippen molar-refractivity contribution in [2.45, 2.75) is 46.2 Å². The third-order valence-corrected chi connectivity index (χ3v) is 5.51. The molecule has 2 aromatic heterocycles. The minimum absolute atomic E-state index is 0.0555. The van der Waals surface area contributed by atoms with Gasteiger partial charge in [0.1, 0.15) is 0 Å². The van der Waals surface area contributed by atoms with Gasteiger partial charge in [0.15, 0.2) is 0 Å². The molecule has 2 amide bonds. The highest BCUT2D eigenvalue weighted by Gasteiger charge is 2.22. The summed E-state index contributed by atoms with van der Waals surface area (Å²) in [5.74, 6) is 0. The lowest BCUT2D eigenvalue weighted by molar-refractivity contribution is 0.142. The van der Waals surface area contributed by atoms with Gasteiger partial charge in [-0.25, -0.2) is 9.78 Å². The first-order chi connectivity index (χ1) is 12.3. The Morgan fingerprint density at radius 1 is 1.27 bits per heavy atom. The molecule has 2 aromatic rings. The number of carbonyl (C=O) groups excluding carboxylic acids is 1. The second-order valence-electron chi connectivity index (χ2n) is 7.62. The van der Waals surface area contributed by atoms with Crippen LogP contribution in [0.3, 0.4) is 0 Å². The predicted octanol–water partition coefficient (Wildman–Crippen LogP) is 3.01. The van der Waals surface area contributed by atoms with Crippen molar-refractivity contribution < 1.29 is 4.79 Å². The van der Waals surface area contributed by atoms with Crippen LogP contribution in [-0.4, -0.2) is 56.8 Å². The van der Waals surface area contributed by atoms with Crippen LogP contribution in [0.2, 0.25) is 0 Å². The lowest BCUT2D eigenvalue weighted by atomic mass is 10.1. The van der Waals surface area contributed by atoms with Crippen LogP contribution in [0.5, 0.6) is 0 Å². The minimum atomic E-state index is -0.0953. The van der Waals surface area contributed by atoms with Crippen LogP contribution in [0, 0.1) is 0 Å². The number of aromatic nitrogens is 3. The maximum atomic E-state index is 12.5. The number of aryl methyl sites for hydroxylation is 1. The average molecular weight is 377 g/mol. The zero-order valence-corrected chi connectivity index (χ0v) is 16.8. The zero-order chi connectivity index (χ0) is 18.7. The molecule has 3 heterocycles. The number of hydrogen-bond acceptors (Lipinski definition) is 5. The molecule has 1 N–H and O–H groups in total. The molecule has 1 saturated heterocycles. The molecule has 0 bridgehead atoms. The molecule has 1 aliphatic rings. The first kappa shape index (κ1) is 18.8. The van der Waals surface area contributed by atoms with E-state index in [1.807, 2.05) is 15.8 Å². The Hall–Kier alpha value is -1.93. The number of piperazine rings is 1. The Balaban J connectivity index is 1.48. The van der Waals surface area contributed by atoms with Crippen molar-refractivity contribution in [1.29, 1.82) is 0 Å². The van der Waals surface area contributed by atoms with Crippen LogP contribution in [0.15, 0.2) is 17.8 Å². The second kappa shape index (κ2) is 7.75. The van der Waals surface area contributed by atoms with Gasteiger partial charge in [-0.2, -0.15) is 5.10 Å². The first-order valence-corrected chi connectivity index (χ1v) is 10.00. The summed E-state index contributed by atoms with van der Waals surface area (Å²) in [5, 5.41) is 10.6. The molecular formula is C18H28N6OS. The van der Waals surface area contributed by atoms with E-state index in [4.69, 9.17) is 0 Å². The molecule has 0 aromatic carbocycles. The van der Waals surface area contributed by atoms with Crippen molar-refractivity contribution >= 4 is 23.1 Å². The molecule has 0 radical (unpaired) electrons. The van der Waals surface area contributed by atoms with Crippen LogP contribution >= 0.6 is 11.3 Å². The fourth-order valence-electron chi connectivity index (χ4n) is 2.88. The quantitative estimate of drug-likeness (QED) is 0.891. The number of thiazole rings is 1. The highest BCUT2D eigenvalue weighted by molar-refractivity contribution is 7.09. The highest BCUT2D eigenvalue weighted by Crippen LogP contribution is 2.17. The van der Waals surface area contributed by atoms with Gasteiger partial charge in [0.05, 0.1) is 28.1 Å². The molecule has 0 saturated carbocycles. The van der Waals surface area contributed by atoms with Gasteiger partial charge in [0, 0.05) is 44.3 Å². The Bertz CT molecular complexity index is 739. The standard InChI is InChI=1S/C18H28N6OS/c1-5-16-20-15(13-26-16)11-22-6-8-23(9-7-22)17(25)21-14-10-19-24(12-14)18(2,3)4/h10,12-13H,5-9,11H2,1-4H3,(H,21,25). The lowest BCUT2D eigenvalue weighted by Crippen LogP contribution is -2.49. The summed E-state index contributed by atoms with van der Waals surface area (Å²) in [6.07, 6.45) is 4.57. The van der Waals surface area contributed by atoms with E-state index in [0.29, 0.717) is 0 Å². The fraction of sp³-hybridized carbons (Fsp3) is 0.611. The second-order valence-corrected chi connectivity index (χ2v) is 8.57. The van der Waals surface area contributed by atoms with E-state index in [0.717, 1.165) is 50.5 Å². The smallest absolute Gasteiger partial charge is 0.322 e. The number of nitrogens with zero attached hydrogens (tertiary/aromatic N) is 5. The summed E-state index contributed by atoms with van der Waals surface area (Å²) < 4.78 is 1.86. The van der Waals surface area contributed by atoms with Gasteiger partial charge < -0.3 is 10.2 Å². The largest absolute Gasteiger partial charge is 0.322 e. The third kappa shape index (κ3) is 4.62. The van der Waals surface area contributed by atoms with Gasteiger partial charge in [-0.15, -0.1) is 11.3 Å². The number of amides is 2. The van der Waals surface area contributed by atoms with Gasteiger partial charge >= 0.3 is 6.03 Å². The van der Waals surface area contributed by atoms with Crippen LogP contribution in [0.25, 0.3) is 0 Å². The monoisotopic (exact) mass is 376 g/mol. The maximum Gasteiger partial charge on any atom is 0.322 e. The van der Waals surface area contributed by atoms with Crippen molar-refractivity contribution in [3.05, 3.63) is 28.5 Å². The van der Waals surface area contributed by atoms with Crippen LogP contribution < -0.4 is 5.32 Å². The zero-order valence-electron chi connectivity index (χ0n) is 16.0. The summed E-state index contributed by atoms with van der Waals surface area (Å²) in [5.41, 5.74) is 1.78. The van der Waals surface area contributed by atoms with E-state index >= 15 is 0 Å². The molecule has 1 aliphatic heterocycles. The molecular weight excluding hydrogens is 348 g/mol. The van der Waals surface area contributed by atoms with Gasteiger partial charge in [-0.3, -0.25) is 9.58 Å². The Morgan fingerprint density at radius 2 is 2.00 bits per heavy atom. The fourth-order valence-corrected chi connectivity index (χ4v) is 3.61. The maximum absolute atomic E-state index is 12.5. The van der Waals surface area contributed by atoms with Gasteiger partial charge in [0.2, 0.25) is 0 Å². The highest BCUT2D eigenvalue weighted by atomic mass is 32.1. The van der Waals surface area contributed by atoms with E-state index < -0.39 is 0 Å². The molecule has 0 atom stereocenters. The summed E-state index contributed by atoms with van der Waals surface area (Å²) in [6.45, 7) is 12.4. The molecule has 26 heavy (non-hydrogen) atoms. The topological polar surface area (TPSA) is 66.3 Å². The van der Waals surface area contributed by atoms with Crippen LogP contribution in [0.1, 0.15) is 38.4 Å². The van der Waals surface area contributed by atoms with Crippen molar-refractivity contribution in [2.24, 2.45) is 0 Å². The molecule has 0 unspecified atom stereocenters. The molecule has 0 aliphatic carbocycles. The van der Waals surface area contributed by atoms with Gasteiger partial charge in [-0.05, 0) is 27.2 Å². The van der Waals surface area contributed by atoms with Crippen molar-refractivity contribution in [3.63, 3.8) is 0 Å². The Kier molecular flexibility index (Phi) is 5.62. The van der Waals surface area contributed by atoms with E-state index in [9.17, 15) is 4.79 Å². The predicted molar refractivity (Wildman–Crippen MR) is 105 cm³/mol. The first-order valence-electron chi connectivity index (χ1n) is 9.12. The number of hydrogen-bond donors (Lipinski definition) is 1. The van der Waals surface area contributed by atoms with Gasteiger partial charge in [0.25, 0.3) is 0 Å². The number of carbonyl (C=O) groups is 1. The number of rotatable bonds is 4. The van der Waals surface area contributed by atoms with E-state index in [1.54, 1.807) is 17.5 Å². The van der Waals surface area contributed by atoms with Crippen molar-refractivity contribution in [1.82, 2.24) is 24.6 Å². The van der Waals surface area contributed by atoms with E-state index in [1.165, 1.54) is 5.01 Å².